The van der Waals surface area contributed by atoms with Crippen molar-refractivity contribution in [2.24, 2.45) is 5.92 Å². The molecule has 1 heterocycles. The second-order valence-electron chi connectivity index (χ2n) is 5.94. The van der Waals surface area contributed by atoms with Gasteiger partial charge in [0.15, 0.2) is 0 Å². The van der Waals surface area contributed by atoms with Gasteiger partial charge in [-0.3, -0.25) is 9.59 Å². The van der Waals surface area contributed by atoms with Crippen molar-refractivity contribution in [1.82, 2.24) is 10.2 Å². The lowest BCUT2D eigenvalue weighted by atomic mass is 10.1. The number of nitrogens with one attached hydrogen (secondary N) is 2. The number of anilines is 1. The summed E-state index contributed by atoms with van der Waals surface area (Å²) in [5.41, 5.74) is -1.06. The molecule has 5 nitrogen and oxygen atoms in total. The fraction of sp³-hybridized carbons (Fsp3) is 0.500. The van der Waals surface area contributed by atoms with Gasteiger partial charge in [-0.2, -0.15) is 13.2 Å². The van der Waals surface area contributed by atoms with Gasteiger partial charge in [0.05, 0.1) is 5.56 Å². The van der Waals surface area contributed by atoms with Crippen LogP contribution in [0, 0.1) is 5.92 Å². The SMILES string of the molecule is CNCC1CCN(C(=O)c2cc(NC(C)=O)cc(C(F)(F)F)c2)C1.Cl. The minimum Gasteiger partial charge on any atom is -0.338 e. The zero-order valence-corrected chi connectivity index (χ0v) is 14.8. The van der Waals surface area contributed by atoms with Gasteiger partial charge < -0.3 is 15.5 Å². The summed E-state index contributed by atoms with van der Waals surface area (Å²) < 4.78 is 39.1. The number of benzene rings is 1. The summed E-state index contributed by atoms with van der Waals surface area (Å²) in [5, 5.41) is 5.35. The first-order chi connectivity index (χ1) is 11.2. The van der Waals surface area contributed by atoms with Crippen molar-refractivity contribution < 1.29 is 22.8 Å². The summed E-state index contributed by atoms with van der Waals surface area (Å²) in [6, 6.07) is 2.94. The maximum Gasteiger partial charge on any atom is 0.416 e. The molecule has 1 aromatic carbocycles. The van der Waals surface area contributed by atoms with Crippen molar-refractivity contribution in [1.29, 1.82) is 0 Å². The van der Waals surface area contributed by atoms with E-state index in [9.17, 15) is 22.8 Å². The van der Waals surface area contributed by atoms with Gasteiger partial charge in [0.2, 0.25) is 5.91 Å². The van der Waals surface area contributed by atoms with Gasteiger partial charge >= 0.3 is 6.18 Å². The van der Waals surface area contributed by atoms with Crippen LogP contribution in [-0.2, 0) is 11.0 Å². The number of amides is 2. The van der Waals surface area contributed by atoms with Crippen LogP contribution in [0.1, 0.15) is 29.3 Å². The third kappa shape index (κ3) is 5.61. The van der Waals surface area contributed by atoms with Crippen molar-refractivity contribution in [3.05, 3.63) is 29.3 Å². The van der Waals surface area contributed by atoms with E-state index in [1.54, 1.807) is 4.90 Å². The molecule has 2 amide bonds. The molecule has 1 atom stereocenters. The summed E-state index contributed by atoms with van der Waals surface area (Å²) >= 11 is 0. The molecule has 2 N–H and O–H groups in total. The van der Waals surface area contributed by atoms with E-state index in [-0.39, 0.29) is 23.7 Å². The lowest BCUT2D eigenvalue weighted by molar-refractivity contribution is -0.137. The summed E-state index contributed by atoms with van der Waals surface area (Å²) in [5.74, 6) is -0.658. The molecule has 0 aliphatic carbocycles. The zero-order chi connectivity index (χ0) is 17.9. The Morgan fingerprint density at radius 2 is 1.96 bits per heavy atom. The van der Waals surface area contributed by atoms with Crippen LogP contribution < -0.4 is 10.6 Å². The number of carbonyl (C=O) groups excluding carboxylic acids is 2. The van der Waals surface area contributed by atoms with E-state index in [0.29, 0.717) is 19.0 Å². The average Bonchev–Trinajstić information content (AvgIpc) is 2.93. The van der Waals surface area contributed by atoms with Crippen LogP contribution in [0.3, 0.4) is 0 Å². The van der Waals surface area contributed by atoms with Crippen LogP contribution in [-0.4, -0.2) is 43.4 Å². The van der Waals surface area contributed by atoms with Crippen LogP contribution >= 0.6 is 12.4 Å². The van der Waals surface area contributed by atoms with Crippen LogP contribution in [0.5, 0.6) is 0 Å². The summed E-state index contributed by atoms with van der Waals surface area (Å²) in [7, 11) is 1.82. The molecule has 0 aromatic heterocycles. The van der Waals surface area contributed by atoms with Gasteiger partial charge in [-0.25, -0.2) is 0 Å². The molecule has 0 radical (unpaired) electrons. The van der Waals surface area contributed by atoms with Gasteiger partial charge in [-0.15, -0.1) is 12.4 Å². The van der Waals surface area contributed by atoms with Crippen molar-refractivity contribution in [2.75, 3.05) is 32.0 Å². The normalized spacial score (nSPS) is 17.2. The number of hydrogen-bond donors (Lipinski definition) is 2. The largest absolute Gasteiger partial charge is 0.416 e. The molecule has 1 aliphatic rings. The fourth-order valence-electron chi connectivity index (χ4n) is 2.85. The van der Waals surface area contributed by atoms with Gasteiger partial charge in [-0.05, 0) is 44.1 Å². The Balaban J connectivity index is 0.00000312. The number of likely N-dealkylation sites (tertiary alicyclic amines) is 1. The highest BCUT2D eigenvalue weighted by Crippen LogP contribution is 2.32. The fourth-order valence-corrected chi connectivity index (χ4v) is 2.85. The summed E-state index contributed by atoms with van der Waals surface area (Å²) in [6.07, 6.45) is -3.78. The second kappa shape index (κ2) is 8.53. The average molecular weight is 380 g/mol. The molecule has 1 aliphatic heterocycles. The van der Waals surface area contributed by atoms with Gasteiger partial charge in [0, 0.05) is 31.3 Å². The summed E-state index contributed by atoms with van der Waals surface area (Å²) in [6.45, 7) is 2.97. The van der Waals surface area contributed by atoms with Gasteiger partial charge in [0.1, 0.15) is 0 Å². The molecular weight excluding hydrogens is 359 g/mol. The maximum absolute atomic E-state index is 13.0. The molecule has 1 saturated heterocycles. The predicted molar refractivity (Wildman–Crippen MR) is 90.9 cm³/mol. The quantitative estimate of drug-likeness (QED) is 0.845. The molecule has 0 saturated carbocycles. The molecule has 0 bridgehead atoms. The molecule has 1 unspecified atom stereocenters. The Bertz CT molecular complexity index is 638. The minimum atomic E-state index is -4.59. The molecule has 2 rings (SSSR count). The smallest absolute Gasteiger partial charge is 0.338 e. The van der Waals surface area contributed by atoms with Gasteiger partial charge in [-0.1, -0.05) is 0 Å². The van der Waals surface area contributed by atoms with Gasteiger partial charge in [0.25, 0.3) is 5.91 Å². The maximum atomic E-state index is 13.0. The molecule has 9 heteroatoms. The highest BCUT2D eigenvalue weighted by atomic mass is 35.5. The van der Waals surface area contributed by atoms with Crippen molar-refractivity contribution >= 4 is 29.9 Å². The Labute approximate surface area is 150 Å². The Kier molecular flexibility index (Phi) is 7.25. The third-order valence-electron chi connectivity index (χ3n) is 3.89. The van der Waals surface area contributed by atoms with E-state index in [1.807, 2.05) is 7.05 Å². The first-order valence-electron chi connectivity index (χ1n) is 7.64. The van der Waals surface area contributed by atoms with Crippen molar-refractivity contribution in [2.45, 2.75) is 19.5 Å². The third-order valence-corrected chi connectivity index (χ3v) is 3.89. The molecule has 25 heavy (non-hydrogen) atoms. The monoisotopic (exact) mass is 379 g/mol. The Hall–Kier alpha value is -1.80. The topological polar surface area (TPSA) is 61.4 Å². The zero-order valence-electron chi connectivity index (χ0n) is 13.9. The van der Waals surface area contributed by atoms with E-state index in [0.717, 1.165) is 25.1 Å². The predicted octanol–water partition coefficient (Wildman–Crippen LogP) is 2.77. The van der Waals surface area contributed by atoms with Crippen molar-refractivity contribution in [3.8, 4) is 0 Å². The second-order valence-corrected chi connectivity index (χ2v) is 5.94. The number of carbonyl (C=O) groups is 2. The number of halogens is 4. The summed E-state index contributed by atoms with van der Waals surface area (Å²) in [4.78, 5) is 25.2. The lowest BCUT2D eigenvalue weighted by Gasteiger charge is -2.18. The molecular formula is C16H21ClF3N3O2. The van der Waals surface area contributed by atoms with Crippen LogP contribution in [0.4, 0.5) is 18.9 Å². The molecule has 0 spiro atoms. The lowest BCUT2D eigenvalue weighted by Crippen LogP contribution is -2.30. The van der Waals surface area contributed by atoms with Crippen molar-refractivity contribution in [3.63, 3.8) is 0 Å². The number of rotatable bonds is 4. The highest BCUT2D eigenvalue weighted by Gasteiger charge is 2.33. The molecule has 1 fully saturated rings. The number of nitrogens with zero attached hydrogens (tertiary/aromatic N) is 1. The van der Waals surface area contributed by atoms with E-state index < -0.39 is 23.6 Å². The molecule has 140 valence electrons. The van der Waals surface area contributed by atoms with Crippen LogP contribution in [0.25, 0.3) is 0 Å². The first kappa shape index (κ1) is 21.2. The van der Waals surface area contributed by atoms with E-state index >= 15 is 0 Å². The van der Waals surface area contributed by atoms with E-state index in [4.69, 9.17) is 0 Å². The Morgan fingerprint density at radius 1 is 1.28 bits per heavy atom. The Morgan fingerprint density at radius 3 is 2.52 bits per heavy atom. The minimum absolute atomic E-state index is 0. The number of alkyl halides is 3. The standard InChI is InChI=1S/C16H20F3N3O2.ClH/c1-10(23)21-14-6-12(5-13(7-14)16(17,18)19)15(24)22-4-3-11(9-22)8-20-2;/h5-7,11,20H,3-4,8-9H2,1-2H3,(H,21,23);1H. The van der Waals surface area contributed by atoms with Crippen LogP contribution in [0.15, 0.2) is 18.2 Å². The van der Waals surface area contributed by atoms with Crippen LogP contribution in [0.2, 0.25) is 0 Å². The van der Waals surface area contributed by atoms with E-state index in [2.05, 4.69) is 10.6 Å². The van der Waals surface area contributed by atoms with E-state index in [1.165, 1.54) is 13.0 Å². The first-order valence-corrected chi connectivity index (χ1v) is 7.64. The number of hydrogen-bond acceptors (Lipinski definition) is 3. The highest BCUT2D eigenvalue weighted by molar-refractivity contribution is 5.97. The molecule has 1 aromatic rings.